The maximum absolute atomic E-state index is 12.7. The average Bonchev–Trinajstić information content (AvgIpc) is 3.02. The van der Waals surface area contributed by atoms with Crippen LogP contribution in [0.5, 0.6) is 11.5 Å². The van der Waals surface area contributed by atoms with Gasteiger partial charge >= 0.3 is 0 Å². The van der Waals surface area contributed by atoms with Gasteiger partial charge in [0.1, 0.15) is 13.2 Å². The van der Waals surface area contributed by atoms with E-state index in [1.54, 1.807) is 12.1 Å². The second-order valence-electron chi connectivity index (χ2n) is 6.77. The minimum Gasteiger partial charge on any atom is -0.486 e. The van der Waals surface area contributed by atoms with Gasteiger partial charge in [-0.15, -0.1) is 0 Å². The molecule has 0 aliphatic carbocycles. The predicted octanol–water partition coefficient (Wildman–Crippen LogP) is 2.13. The first kappa shape index (κ1) is 17.5. The van der Waals surface area contributed by atoms with E-state index in [2.05, 4.69) is 0 Å². The van der Waals surface area contributed by atoms with Gasteiger partial charge in [-0.3, -0.25) is 9.59 Å². The van der Waals surface area contributed by atoms with Crippen LogP contribution in [0.2, 0.25) is 0 Å². The van der Waals surface area contributed by atoms with E-state index >= 15 is 0 Å². The van der Waals surface area contributed by atoms with Gasteiger partial charge < -0.3 is 19.5 Å². The molecule has 2 aromatic rings. The van der Waals surface area contributed by atoms with Crippen LogP contribution in [0, 0.1) is 0 Å². The number of carbonyl (C=O) groups excluding carboxylic acids is 2. The fourth-order valence-corrected chi connectivity index (χ4v) is 3.60. The maximum Gasteiger partial charge on any atom is 0.266 e. The van der Waals surface area contributed by atoms with Crippen molar-refractivity contribution in [3.8, 4) is 11.5 Å². The third kappa shape index (κ3) is 3.17. The molecule has 0 unspecified atom stereocenters. The number of aryl methyl sites for hydroxylation is 1. The molecule has 2 aliphatic rings. The SMILES string of the molecule is O=C(CCc1cccc2c1OCCO2)[C@@]1(O)CCN(c2ccccc2)C1=O. The first-order chi connectivity index (χ1) is 13.1. The molecule has 2 aromatic carbocycles. The maximum atomic E-state index is 12.7. The summed E-state index contributed by atoms with van der Waals surface area (Å²) in [4.78, 5) is 26.9. The van der Waals surface area contributed by atoms with Gasteiger partial charge in [-0.2, -0.15) is 0 Å². The standard InChI is InChI=1S/C21H21NO5/c23-18(10-9-15-5-4-8-17-19(15)27-14-13-26-17)21(25)11-12-22(20(21)24)16-6-2-1-3-7-16/h1-8,25H,9-14H2/t21-/m0/s1. The number of aliphatic hydroxyl groups is 1. The van der Waals surface area contributed by atoms with Gasteiger partial charge in [0.2, 0.25) is 5.60 Å². The third-order valence-electron chi connectivity index (χ3n) is 5.09. The number of ether oxygens (including phenoxy) is 2. The highest BCUT2D eigenvalue weighted by molar-refractivity contribution is 6.17. The van der Waals surface area contributed by atoms with Gasteiger partial charge in [-0.05, 0) is 30.2 Å². The molecular weight excluding hydrogens is 346 g/mol. The highest BCUT2D eigenvalue weighted by atomic mass is 16.6. The Kier molecular flexibility index (Phi) is 4.58. The summed E-state index contributed by atoms with van der Waals surface area (Å²) in [5, 5.41) is 10.8. The Morgan fingerprint density at radius 1 is 1.07 bits per heavy atom. The van der Waals surface area contributed by atoms with Gasteiger partial charge in [0.05, 0.1) is 0 Å². The van der Waals surface area contributed by atoms with Crippen molar-refractivity contribution in [1.82, 2.24) is 0 Å². The average molecular weight is 367 g/mol. The smallest absolute Gasteiger partial charge is 0.266 e. The summed E-state index contributed by atoms with van der Waals surface area (Å²) >= 11 is 0. The zero-order chi connectivity index (χ0) is 18.9. The Hall–Kier alpha value is -2.86. The lowest BCUT2D eigenvalue weighted by Crippen LogP contribution is -2.47. The number of benzene rings is 2. The molecule has 0 aromatic heterocycles. The summed E-state index contributed by atoms with van der Waals surface area (Å²) in [5.41, 5.74) is -0.425. The van der Waals surface area contributed by atoms with E-state index in [1.165, 1.54) is 4.90 Å². The first-order valence-corrected chi connectivity index (χ1v) is 9.10. The summed E-state index contributed by atoms with van der Waals surface area (Å²) < 4.78 is 11.2. The van der Waals surface area contributed by atoms with E-state index < -0.39 is 17.3 Å². The van der Waals surface area contributed by atoms with Gasteiger partial charge in [0.25, 0.3) is 5.91 Å². The Bertz CT molecular complexity index is 866. The number of rotatable bonds is 5. The van der Waals surface area contributed by atoms with E-state index in [0.29, 0.717) is 43.4 Å². The van der Waals surface area contributed by atoms with Crippen LogP contribution in [0.1, 0.15) is 18.4 Å². The van der Waals surface area contributed by atoms with Crippen molar-refractivity contribution in [3.63, 3.8) is 0 Å². The fourth-order valence-electron chi connectivity index (χ4n) is 3.60. The quantitative estimate of drug-likeness (QED) is 0.820. The van der Waals surface area contributed by atoms with Crippen LogP contribution >= 0.6 is 0 Å². The van der Waals surface area contributed by atoms with Gasteiger partial charge in [0.15, 0.2) is 17.3 Å². The molecule has 6 nitrogen and oxygen atoms in total. The largest absolute Gasteiger partial charge is 0.486 e. The summed E-state index contributed by atoms with van der Waals surface area (Å²) in [7, 11) is 0. The Morgan fingerprint density at radius 3 is 2.67 bits per heavy atom. The lowest BCUT2D eigenvalue weighted by Gasteiger charge is -2.23. The fraction of sp³-hybridized carbons (Fsp3) is 0.333. The number of Topliss-reactive ketones (excluding diaryl/α,β-unsaturated/α-hetero) is 1. The molecule has 1 N–H and O–H groups in total. The van der Waals surface area contributed by atoms with Crippen molar-refractivity contribution in [2.45, 2.75) is 24.9 Å². The monoisotopic (exact) mass is 367 g/mol. The van der Waals surface area contributed by atoms with Crippen molar-refractivity contribution in [2.75, 3.05) is 24.7 Å². The van der Waals surface area contributed by atoms with E-state index in [4.69, 9.17) is 9.47 Å². The first-order valence-electron chi connectivity index (χ1n) is 9.10. The molecule has 0 spiro atoms. The molecule has 1 fully saturated rings. The minimum absolute atomic E-state index is 0.0602. The van der Waals surface area contributed by atoms with Crippen molar-refractivity contribution in [1.29, 1.82) is 0 Å². The molecule has 2 aliphatic heterocycles. The predicted molar refractivity (Wildman–Crippen MR) is 99.1 cm³/mol. The number of hydrogen-bond donors (Lipinski definition) is 1. The van der Waals surface area contributed by atoms with Crippen molar-refractivity contribution in [2.24, 2.45) is 0 Å². The molecule has 0 saturated carbocycles. The molecule has 1 amide bonds. The highest BCUT2D eigenvalue weighted by Gasteiger charge is 2.50. The number of carbonyl (C=O) groups is 2. The normalized spacial score (nSPS) is 21.4. The van der Waals surface area contributed by atoms with E-state index in [9.17, 15) is 14.7 Å². The molecule has 0 bridgehead atoms. The Morgan fingerprint density at radius 2 is 1.85 bits per heavy atom. The van der Waals surface area contributed by atoms with Crippen LogP contribution < -0.4 is 14.4 Å². The molecule has 1 atom stereocenters. The number of para-hydroxylation sites is 2. The molecule has 140 valence electrons. The second-order valence-corrected chi connectivity index (χ2v) is 6.77. The highest BCUT2D eigenvalue weighted by Crippen LogP contribution is 2.35. The van der Waals surface area contributed by atoms with Gasteiger partial charge in [-0.1, -0.05) is 30.3 Å². The molecule has 0 radical (unpaired) electrons. The third-order valence-corrected chi connectivity index (χ3v) is 5.09. The number of fused-ring (bicyclic) bond motifs is 1. The molecular formula is C21H21NO5. The number of ketones is 1. The van der Waals surface area contributed by atoms with Crippen LogP contribution in [0.4, 0.5) is 5.69 Å². The molecule has 1 saturated heterocycles. The Labute approximate surface area is 157 Å². The topological polar surface area (TPSA) is 76.1 Å². The van der Waals surface area contributed by atoms with Gasteiger partial charge in [-0.25, -0.2) is 0 Å². The molecule has 2 heterocycles. The van der Waals surface area contributed by atoms with Gasteiger partial charge in [0, 0.05) is 25.1 Å². The van der Waals surface area contributed by atoms with Crippen LogP contribution in [-0.2, 0) is 16.0 Å². The summed E-state index contributed by atoms with van der Waals surface area (Å²) in [6, 6.07) is 14.6. The summed E-state index contributed by atoms with van der Waals surface area (Å²) in [6.45, 7) is 1.29. The number of nitrogens with zero attached hydrogens (tertiary/aromatic N) is 1. The van der Waals surface area contributed by atoms with E-state index in [1.807, 2.05) is 36.4 Å². The summed E-state index contributed by atoms with van der Waals surface area (Å²) in [5.74, 6) is 0.304. The number of anilines is 1. The molecule has 6 heteroatoms. The number of hydrogen-bond acceptors (Lipinski definition) is 5. The van der Waals surface area contributed by atoms with Crippen LogP contribution in [0.25, 0.3) is 0 Å². The summed E-state index contributed by atoms with van der Waals surface area (Å²) in [6.07, 6.45) is 0.545. The Balaban J connectivity index is 1.47. The van der Waals surface area contributed by atoms with Crippen LogP contribution in [0.15, 0.2) is 48.5 Å². The lowest BCUT2D eigenvalue weighted by molar-refractivity contribution is -0.147. The van der Waals surface area contributed by atoms with Crippen LogP contribution in [-0.4, -0.2) is 42.2 Å². The van der Waals surface area contributed by atoms with E-state index in [0.717, 1.165) is 5.56 Å². The second kappa shape index (κ2) is 7.04. The van der Waals surface area contributed by atoms with Crippen molar-refractivity contribution >= 4 is 17.4 Å². The molecule has 4 rings (SSSR count). The zero-order valence-electron chi connectivity index (χ0n) is 14.9. The van der Waals surface area contributed by atoms with Crippen LogP contribution in [0.3, 0.4) is 0 Å². The van der Waals surface area contributed by atoms with Crippen molar-refractivity contribution < 1.29 is 24.2 Å². The zero-order valence-corrected chi connectivity index (χ0v) is 14.9. The number of amides is 1. The molecule has 27 heavy (non-hydrogen) atoms. The minimum atomic E-state index is -1.96. The van der Waals surface area contributed by atoms with Crippen molar-refractivity contribution in [3.05, 3.63) is 54.1 Å². The van der Waals surface area contributed by atoms with E-state index in [-0.39, 0.29) is 12.8 Å². The lowest BCUT2D eigenvalue weighted by atomic mass is 9.92.